The van der Waals surface area contributed by atoms with E-state index in [0.717, 1.165) is 24.1 Å². The van der Waals surface area contributed by atoms with Gasteiger partial charge < -0.3 is 10.1 Å². The van der Waals surface area contributed by atoms with Crippen LogP contribution in [0.1, 0.15) is 48.8 Å². The number of aryl methyl sites for hydroxylation is 1. The molecule has 0 saturated carbocycles. The minimum Gasteiger partial charge on any atom is -0.452 e. The summed E-state index contributed by atoms with van der Waals surface area (Å²) in [6, 6.07) is 7.18. The molecule has 0 radical (unpaired) electrons. The second-order valence-electron chi connectivity index (χ2n) is 8.70. The van der Waals surface area contributed by atoms with Gasteiger partial charge in [-0.05, 0) is 42.2 Å². The fourth-order valence-corrected chi connectivity index (χ4v) is 3.81. The summed E-state index contributed by atoms with van der Waals surface area (Å²) >= 11 is 0. The number of halogens is 3. The van der Waals surface area contributed by atoms with Crippen LogP contribution in [0.5, 0.6) is 0 Å². The number of carbonyl (C=O) groups excluding carboxylic acids is 2. The van der Waals surface area contributed by atoms with Crippen LogP contribution in [0.3, 0.4) is 0 Å². The van der Waals surface area contributed by atoms with E-state index in [1.165, 1.54) is 0 Å². The Labute approximate surface area is 173 Å². The van der Waals surface area contributed by atoms with E-state index in [1.807, 2.05) is 6.07 Å². The van der Waals surface area contributed by atoms with Crippen molar-refractivity contribution in [3.8, 4) is 0 Å². The number of para-hydroxylation sites is 1. The van der Waals surface area contributed by atoms with Gasteiger partial charge in [0.1, 0.15) is 6.54 Å². The zero-order chi connectivity index (χ0) is 22.1. The highest BCUT2D eigenvalue weighted by molar-refractivity contribution is 6.05. The lowest BCUT2D eigenvalue weighted by atomic mass is 9.70. The van der Waals surface area contributed by atoms with Crippen LogP contribution in [0.2, 0.25) is 0 Å². The van der Waals surface area contributed by atoms with Gasteiger partial charge in [0.25, 0.3) is 5.91 Å². The third kappa shape index (κ3) is 5.09. The molecule has 1 atom stereocenters. The van der Waals surface area contributed by atoms with Gasteiger partial charge in [0.2, 0.25) is 0 Å². The number of fused-ring (bicyclic) bond motifs is 2. The maximum atomic E-state index is 12.9. The van der Waals surface area contributed by atoms with Crippen molar-refractivity contribution in [3.63, 3.8) is 0 Å². The van der Waals surface area contributed by atoms with Crippen LogP contribution in [0, 0.1) is 11.3 Å². The van der Waals surface area contributed by atoms with Gasteiger partial charge >= 0.3 is 12.1 Å². The quantitative estimate of drug-likeness (QED) is 0.749. The number of amides is 1. The summed E-state index contributed by atoms with van der Waals surface area (Å²) in [5.41, 5.74) is 2.69. The number of carbonyl (C=O) groups is 2. The van der Waals surface area contributed by atoms with Crippen LogP contribution >= 0.6 is 0 Å². The van der Waals surface area contributed by atoms with Crippen molar-refractivity contribution < 1.29 is 27.5 Å². The average molecular weight is 422 g/mol. The Morgan fingerprint density at radius 2 is 1.90 bits per heavy atom. The van der Waals surface area contributed by atoms with E-state index in [9.17, 15) is 22.8 Å². The van der Waals surface area contributed by atoms with Crippen LogP contribution in [0.15, 0.2) is 24.3 Å². The predicted octanol–water partition coefficient (Wildman–Crippen LogP) is 4.22. The molecule has 8 heteroatoms. The van der Waals surface area contributed by atoms with Crippen LogP contribution in [0.4, 0.5) is 13.2 Å². The zero-order valence-corrected chi connectivity index (χ0v) is 17.2. The van der Waals surface area contributed by atoms with E-state index in [2.05, 4.69) is 20.8 Å². The van der Waals surface area contributed by atoms with Crippen LogP contribution < -0.4 is 5.32 Å². The predicted molar refractivity (Wildman–Crippen MR) is 106 cm³/mol. The summed E-state index contributed by atoms with van der Waals surface area (Å²) in [6.07, 6.45) is -2.19. The number of nitrogens with one attached hydrogen (secondary N) is 1. The lowest BCUT2D eigenvalue weighted by Crippen LogP contribution is -2.36. The van der Waals surface area contributed by atoms with Crippen molar-refractivity contribution in [2.45, 2.75) is 46.2 Å². The van der Waals surface area contributed by atoms with E-state index >= 15 is 0 Å². The van der Waals surface area contributed by atoms with Crippen molar-refractivity contribution in [2.75, 3.05) is 13.2 Å². The highest BCUT2D eigenvalue weighted by atomic mass is 19.4. The minimum atomic E-state index is -4.53. The third-order valence-electron chi connectivity index (χ3n) is 5.51. The number of rotatable bonds is 4. The Kier molecular flexibility index (Phi) is 6.06. The monoisotopic (exact) mass is 422 g/mol. The fourth-order valence-electron chi connectivity index (χ4n) is 3.81. The highest BCUT2D eigenvalue weighted by Gasteiger charge is 2.33. The second-order valence-corrected chi connectivity index (χ2v) is 8.70. The molecule has 5 nitrogen and oxygen atoms in total. The number of hydrogen-bond donors (Lipinski definition) is 1. The molecule has 0 bridgehead atoms. The topological polar surface area (TPSA) is 68.3 Å². The molecule has 1 amide bonds. The number of alkyl halides is 3. The molecular weight excluding hydrogens is 397 g/mol. The summed E-state index contributed by atoms with van der Waals surface area (Å²) in [5.74, 6) is -1.38. The van der Waals surface area contributed by atoms with E-state index < -0.39 is 31.2 Å². The third-order valence-corrected chi connectivity index (χ3v) is 5.51. The van der Waals surface area contributed by atoms with Gasteiger partial charge in [0.15, 0.2) is 6.61 Å². The van der Waals surface area contributed by atoms with Crippen molar-refractivity contribution in [1.82, 2.24) is 10.3 Å². The molecule has 0 saturated heterocycles. The molecule has 1 heterocycles. The number of ether oxygens (including phenoxy) is 1. The molecule has 1 aliphatic carbocycles. The molecule has 162 valence electrons. The molecule has 1 unspecified atom stereocenters. The number of benzene rings is 1. The van der Waals surface area contributed by atoms with Gasteiger partial charge in [-0.1, -0.05) is 39.0 Å². The van der Waals surface area contributed by atoms with E-state index in [4.69, 9.17) is 9.72 Å². The van der Waals surface area contributed by atoms with Gasteiger partial charge in [0, 0.05) is 11.1 Å². The maximum Gasteiger partial charge on any atom is 0.405 e. The zero-order valence-electron chi connectivity index (χ0n) is 17.2. The summed E-state index contributed by atoms with van der Waals surface area (Å²) < 4.78 is 41.8. The SMILES string of the molecule is CC(C)(C)C1CCc2nc3ccccc3c(C(=O)OCC(=O)NCC(F)(F)F)c2C1. The molecule has 0 spiro atoms. The summed E-state index contributed by atoms with van der Waals surface area (Å²) in [4.78, 5) is 29.3. The molecule has 2 aromatic rings. The van der Waals surface area contributed by atoms with Crippen LogP contribution in [0.25, 0.3) is 10.9 Å². The molecule has 1 N–H and O–H groups in total. The fraction of sp³-hybridized carbons (Fsp3) is 0.500. The Balaban J connectivity index is 1.88. The summed E-state index contributed by atoms with van der Waals surface area (Å²) in [6.45, 7) is 4.22. The number of pyridine rings is 1. The molecule has 1 aromatic carbocycles. The summed E-state index contributed by atoms with van der Waals surface area (Å²) in [5, 5.41) is 2.32. The molecule has 0 fully saturated rings. The summed E-state index contributed by atoms with van der Waals surface area (Å²) in [7, 11) is 0. The number of nitrogens with zero attached hydrogens (tertiary/aromatic N) is 1. The Morgan fingerprint density at radius 3 is 2.57 bits per heavy atom. The Morgan fingerprint density at radius 1 is 1.20 bits per heavy atom. The standard InChI is InChI=1S/C22H25F3N2O3/c1-21(2,3)13-8-9-17-15(10-13)19(14-6-4-5-7-16(14)27-17)20(29)30-11-18(28)26-12-22(23,24)25/h4-7,13H,8-12H2,1-3H3,(H,26,28). The lowest BCUT2D eigenvalue weighted by Gasteiger charge is -2.35. The van der Waals surface area contributed by atoms with Crippen LogP contribution in [-0.4, -0.2) is 36.2 Å². The van der Waals surface area contributed by atoms with Gasteiger partial charge in [-0.15, -0.1) is 0 Å². The number of esters is 1. The first-order chi connectivity index (χ1) is 14.0. The van der Waals surface area contributed by atoms with Crippen molar-refractivity contribution in [1.29, 1.82) is 0 Å². The number of hydrogen-bond acceptors (Lipinski definition) is 4. The Bertz CT molecular complexity index is 964. The van der Waals surface area contributed by atoms with Crippen molar-refractivity contribution in [3.05, 3.63) is 41.1 Å². The second kappa shape index (κ2) is 8.24. The lowest BCUT2D eigenvalue weighted by molar-refractivity contribution is -0.140. The van der Waals surface area contributed by atoms with Gasteiger partial charge in [-0.2, -0.15) is 13.2 Å². The maximum absolute atomic E-state index is 12.9. The molecule has 30 heavy (non-hydrogen) atoms. The van der Waals surface area contributed by atoms with E-state index in [1.54, 1.807) is 23.5 Å². The van der Waals surface area contributed by atoms with Crippen molar-refractivity contribution in [2.24, 2.45) is 11.3 Å². The molecule has 1 aromatic heterocycles. The first kappa shape index (κ1) is 22.1. The van der Waals surface area contributed by atoms with E-state index in [0.29, 0.717) is 28.8 Å². The first-order valence-corrected chi connectivity index (χ1v) is 9.87. The largest absolute Gasteiger partial charge is 0.452 e. The van der Waals surface area contributed by atoms with Gasteiger partial charge in [0.05, 0.1) is 11.1 Å². The molecule has 3 rings (SSSR count). The first-order valence-electron chi connectivity index (χ1n) is 9.87. The molecule has 0 aliphatic heterocycles. The van der Waals surface area contributed by atoms with Crippen LogP contribution in [-0.2, 0) is 22.4 Å². The molecule has 1 aliphatic rings. The normalized spacial score (nSPS) is 16.8. The van der Waals surface area contributed by atoms with Crippen molar-refractivity contribution >= 4 is 22.8 Å². The number of aromatic nitrogens is 1. The van der Waals surface area contributed by atoms with E-state index in [-0.39, 0.29) is 5.41 Å². The van der Waals surface area contributed by atoms with Gasteiger partial charge in [-0.25, -0.2) is 4.79 Å². The van der Waals surface area contributed by atoms with Gasteiger partial charge in [-0.3, -0.25) is 9.78 Å². The Hall–Kier alpha value is -2.64. The highest BCUT2D eigenvalue weighted by Crippen LogP contribution is 2.39. The average Bonchev–Trinajstić information content (AvgIpc) is 2.66. The molecular formula is C22H25F3N2O3. The minimum absolute atomic E-state index is 0.0436. The smallest absolute Gasteiger partial charge is 0.405 e.